The lowest BCUT2D eigenvalue weighted by Crippen LogP contribution is -2.40. The number of benzene rings is 3. The summed E-state index contributed by atoms with van der Waals surface area (Å²) in [6.45, 7) is -1.19. The number of para-hydroxylation sites is 1. The number of aromatic nitrogens is 1. The van der Waals surface area contributed by atoms with E-state index >= 15 is 0 Å². The Morgan fingerprint density at radius 1 is 1.08 bits per heavy atom. The molecule has 0 radical (unpaired) electrons. The van der Waals surface area contributed by atoms with Crippen LogP contribution in [0.3, 0.4) is 0 Å². The number of hydrogen-bond acceptors (Lipinski definition) is 6. The van der Waals surface area contributed by atoms with E-state index in [0.29, 0.717) is 32.2 Å². The highest BCUT2D eigenvalue weighted by Gasteiger charge is 2.35. The maximum atomic E-state index is 13.9. The zero-order chi connectivity index (χ0) is 27.5. The van der Waals surface area contributed by atoms with E-state index < -0.39 is 24.2 Å². The van der Waals surface area contributed by atoms with Gasteiger partial charge in [-0.15, -0.1) is 0 Å². The van der Waals surface area contributed by atoms with Gasteiger partial charge in [-0.1, -0.05) is 83.6 Å². The Morgan fingerprint density at radius 3 is 2.46 bits per heavy atom. The molecule has 0 fully saturated rings. The number of nitrogens with zero attached hydrogens (tertiary/aromatic N) is 2. The summed E-state index contributed by atoms with van der Waals surface area (Å²) in [7, 11) is 0. The molecule has 0 bridgehead atoms. The smallest absolute Gasteiger partial charge is 0.387 e. The third kappa shape index (κ3) is 5.41. The minimum Gasteiger partial charge on any atom is -0.463 e. The Labute approximate surface area is 230 Å². The summed E-state index contributed by atoms with van der Waals surface area (Å²) in [5.74, 6) is -0.671. The first-order valence-corrected chi connectivity index (χ1v) is 13.1. The van der Waals surface area contributed by atoms with Crippen LogP contribution in [0.5, 0.6) is 5.75 Å². The molecule has 1 aromatic heterocycles. The third-order valence-electron chi connectivity index (χ3n) is 5.98. The van der Waals surface area contributed by atoms with Crippen LogP contribution in [0.1, 0.15) is 29.7 Å². The fourth-order valence-corrected chi connectivity index (χ4v) is 5.46. The molecule has 0 aliphatic carbocycles. The lowest BCUT2D eigenvalue weighted by molar-refractivity contribution is -0.138. The van der Waals surface area contributed by atoms with Gasteiger partial charge in [0.25, 0.3) is 5.56 Å². The van der Waals surface area contributed by atoms with Gasteiger partial charge in [-0.3, -0.25) is 9.36 Å². The van der Waals surface area contributed by atoms with Gasteiger partial charge in [0.1, 0.15) is 5.75 Å². The molecular weight excluding hydrogens is 546 g/mol. The Balaban J connectivity index is 1.80. The van der Waals surface area contributed by atoms with Gasteiger partial charge in [-0.25, -0.2) is 9.79 Å². The van der Waals surface area contributed by atoms with Crippen molar-refractivity contribution < 1.29 is 23.0 Å². The van der Waals surface area contributed by atoms with Crippen LogP contribution in [0.2, 0.25) is 5.02 Å². The normalized spacial score (nSPS) is 15.2. The van der Waals surface area contributed by atoms with Crippen molar-refractivity contribution in [3.8, 4) is 5.75 Å². The van der Waals surface area contributed by atoms with Crippen molar-refractivity contribution >= 4 is 40.7 Å². The zero-order valence-electron chi connectivity index (χ0n) is 20.5. The zero-order valence-corrected chi connectivity index (χ0v) is 22.1. The number of alkyl halides is 2. The second-order valence-electron chi connectivity index (χ2n) is 8.40. The van der Waals surface area contributed by atoms with Crippen molar-refractivity contribution in [2.24, 2.45) is 4.99 Å². The number of fused-ring (bicyclic) bond motifs is 1. The summed E-state index contributed by atoms with van der Waals surface area (Å²) in [6, 6.07) is 21.3. The summed E-state index contributed by atoms with van der Waals surface area (Å²) in [4.78, 5) is 32.4. The predicted molar refractivity (Wildman–Crippen MR) is 146 cm³/mol. The van der Waals surface area contributed by atoms with Crippen molar-refractivity contribution in [1.29, 1.82) is 0 Å². The number of carbonyl (C=O) groups excluding carboxylic acids is 1. The van der Waals surface area contributed by atoms with Gasteiger partial charge in [0.15, 0.2) is 4.80 Å². The number of ether oxygens (including phenoxy) is 2. The monoisotopic (exact) mass is 566 g/mol. The van der Waals surface area contributed by atoms with Gasteiger partial charge in [0, 0.05) is 16.1 Å². The number of halogens is 3. The molecule has 0 saturated heterocycles. The maximum Gasteiger partial charge on any atom is 0.387 e. The number of rotatable bonds is 7. The molecule has 5 rings (SSSR count). The minimum absolute atomic E-state index is 0.0650. The van der Waals surface area contributed by atoms with Crippen LogP contribution in [-0.4, -0.2) is 23.8 Å². The maximum absolute atomic E-state index is 13.9. The molecule has 0 saturated carbocycles. The van der Waals surface area contributed by atoms with E-state index in [9.17, 15) is 18.4 Å². The van der Waals surface area contributed by atoms with Crippen molar-refractivity contribution in [3.05, 3.63) is 126 Å². The van der Waals surface area contributed by atoms with Gasteiger partial charge in [0.2, 0.25) is 0 Å². The van der Waals surface area contributed by atoms with Crippen molar-refractivity contribution in [2.75, 3.05) is 6.61 Å². The van der Waals surface area contributed by atoms with E-state index in [4.69, 9.17) is 21.3 Å². The van der Waals surface area contributed by atoms with Crippen LogP contribution in [-0.2, 0) is 9.53 Å². The molecule has 10 heteroatoms. The molecule has 1 aliphatic heterocycles. The highest BCUT2D eigenvalue weighted by molar-refractivity contribution is 7.07. The standard InChI is InChI=1S/C29H21ClF2N2O4S/c1-2-37-27(36)23-24(17-8-4-3-5-9-17)33-29-34(25(23)18-12-14-20(30)15-13-18)26(35)22(39-29)16-19-10-6-7-11-21(19)38-28(31)32/h3-16,25,28H,2H2,1H3/b22-16+/t25-/m0/s1. The first-order valence-electron chi connectivity index (χ1n) is 11.9. The lowest BCUT2D eigenvalue weighted by Gasteiger charge is -2.25. The molecule has 0 N–H and O–H groups in total. The van der Waals surface area contributed by atoms with Crippen LogP contribution < -0.4 is 19.6 Å². The predicted octanol–water partition coefficient (Wildman–Crippen LogP) is 5.19. The van der Waals surface area contributed by atoms with E-state index in [-0.39, 0.29) is 22.5 Å². The van der Waals surface area contributed by atoms with Crippen molar-refractivity contribution in [2.45, 2.75) is 19.6 Å². The molecule has 0 spiro atoms. The molecule has 4 aromatic rings. The van der Waals surface area contributed by atoms with E-state index in [1.807, 2.05) is 30.3 Å². The Bertz CT molecular complexity index is 1730. The molecule has 3 aromatic carbocycles. The average Bonchev–Trinajstić information content (AvgIpc) is 3.24. The Kier molecular flexibility index (Phi) is 7.72. The number of esters is 1. The molecule has 198 valence electrons. The fourth-order valence-electron chi connectivity index (χ4n) is 4.35. The van der Waals surface area contributed by atoms with E-state index in [0.717, 1.165) is 11.3 Å². The molecule has 0 unspecified atom stereocenters. The van der Waals surface area contributed by atoms with Gasteiger partial charge in [-0.05, 0) is 36.8 Å². The second-order valence-corrected chi connectivity index (χ2v) is 9.84. The SMILES string of the molecule is CCOC(=O)C1=C(c2ccccc2)N=c2s/c(=C/c3ccccc3OC(F)F)c(=O)n2[C@H]1c1ccc(Cl)cc1. The topological polar surface area (TPSA) is 69.9 Å². The number of hydrogen-bond donors (Lipinski definition) is 0. The molecular formula is C29H21ClF2N2O4S. The molecule has 1 atom stereocenters. The molecule has 1 aliphatic rings. The number of carbonyl (C=O) groups is 1. The first-order chi connectivity index (χ1) is 18.9. The Morgan fingerprint density at radius 2 is 1.77 bits per heavy atom. The van der Waals surface area contributed by atoms with Gasteiger partial charge >= 0.3 is 12.6 Å². The van der Waals surface area contributed by atoms with Crippen LogP contribution in [0.15, 0.2) is 94.2 Å². The second kappa shape index (κ2) is 11.3. The highest BCUT2D eigenvalue weighted by atomic mass is 35.5. The first kappa shape index (κ1) is 26.5. The van der Waals surface area contributed by atoms with E-state index in [2.05, 4.69) is 4.74 Å². The van der Waals surface area contributed by atoms with Crippen LogP contribution in [0, 0.1) is 0 Å². The van der Waals surface area contributed by atoms with Gasteiger partial charge in [-0.2, -0.15) is 8.78 Å². The highest BCUT2D eigenvalue weighted by Crippen LogP contribution is 2.35. The lowest BCUT2D eigenvalue weighted by atomic mass is 9.93. The van der Waals surface area contributed by atoms with Crippen LogP contribution in [0.4, 0.5) is 8.78 Å². The summed E-state index contributed by atoms with van der Waals surface area (Å²) in [6.07, 6.45) is 1.48. The largest absolute Gasteiger partial charge is 0.463 e. The summed E-state index contributed by atoms with van der Waals surface area (Å²) >= 11 is 7.23. The van der Waals surface area contributed by atoms with E-state index in [1.54, 1.807) is 49.4 Å². The fraction of sp³-hybridized carbons (Fsp3) is 0.138. The summed E-state index contributed by atoms with van der Waals surface area (Å²) in [5, 5.41) is 0.492. The quantitative estimate of drug-likeness (QED) is 0.289. The van der Waals surface area contributed by atoms with Crippen molar-refractivity contribution in [1.82, 2.24) is 4.57 Å². The average molecular weight is 567 g/mol. The molecule has 0 amide bonds. The van der Waals surface area contributed by atoms with Crippen LogP contribution >= 0.6 is 22.9 Å². The molecule has 2 heterocycles. The summed E-state index contributed by atoms with van der Waals surface area (Å²) < 4.78 is 37.7. The molecule has 39 heavy (non-hydrogen) atoms. The minimum atomic E-state index is -3.02. The van der Waals surface area contributed by atoms with Gasteiger partial charge in [0.05, 0.1) is 28.5 Å². The van der Waals surface area contributed by atoms with Crippen LogP contribution in [0.25, 0.3) is 11.8 Å². The Hall–Kier alpha value is -4.08. The van der Waals surface area contributed by atoms with Crippen molar-refractivity contribution in [3.63, 3.8) is 0 Å². The van der Waals surface area contributed by atoms with E-state index in [1.165, 1.54) is 16.7 Å². The third-order valence-corrected chi connectivity index (χ3v) is 7.22. The van der Waals surface area contributed by atoms with Gasteiger partial charge < -0.3 is 9.47 Å². The number of thiazole rings is 1. The molecule has 6 nitrogen and oxygen atoms in total. The summed E-state index contributed by atoms with van der Waals surface area (Å²) in [5.41, 5.74) is 1.74.